The van der Waals surface area contributed by atoms with Crippen LogP contribution in [0.3, 0.4) is 0 Å². The summed E-state index contributed by atoms with van der Waals surface area (Å²) in [5.41, 5.74) is 0.565. The summed E-state index contributed by atoms with van der Waals surface area (Å²) < 4.78 is 0. The molecule has 0 amide bonds. The molecule has 0 bridgehead atoms. The van der Waals surface area contributed by atoms with E-state index >= 15 is 0 Å². The van der Waals surface area contributed by atoms with E-state index in [-0.39, 0.29) is 29.8 Å². The van der Waals surface area contributed by atoms with Crippen molar-refractivity contribution in [2.75, 3.05) is 0 Å². The fourth-order valence-electron chi connectivity index (χ4n) is 1.45. The molecular weight excluding hydrogens is 242 g/mol. The van der Waals surface area contributed by atoms with Crippen molar-refractivity contribution < 1.29 is 29.7 Å². The van der Waals surface area contributed by atoms with Crippen molar-refractivity contribution in [3.05, 3.63) is 29.1 Å². The molecule has 0 aliphatic rings. The molecule has 1 rings (SSSR count). The molecule has 0 saturated heterocycles. The first-order valence-electron chi connectivity index (χ1n) is 5.01. The Kier molecular flexibility index (Phi) is 4.36. The van der Waals surface area contributed by atoms with E-state index in [0.29, 0.717) is 0 Å². The summed E-state index contributed by atoms with van der Waals surface area (Å²) in [4.78, 5) is 35.6. The second kappa shape index (κ2) is 5.76. The normalized spacial score (nSPS) is 10.0. The van der Waals surface area contributed by atoms with Crippen LogP contribution in [0.5, 0.6) is 0 Å². The van der Waals surface area contributed by atoms with E-state index in [4.69, 9.17) is 15.3 Å². The van der Waals surface area contributed by atoms with Gasteiger partial charge in [-0.25, -0.2) is 0 Å². The zero-order chi connectivity index (χ0) is 13.7. The van der Waals surface area contributed by atoms with Crippen molar-refractivity contribution in [1.29, 1.82) is 0 Å². The predicted molar refractivity (Wildman–Crippen MR) is 58.3 cm³/mol. The maximum Gasteiger partial charge on any atom is 0.309 e. The van der Waals surface area contributed by atoms with E-state index in [1.54, 1.807) is 0 Å². The molecule has 96 valence electrons. The number of carboxylic acids is 3. The van der Waals surface area contributed by atoms with E-state index in [0.717, 1.165) is 0 Å². The molecule has 3 N–H and O–H groups in total. The van der Waals surface area contributed by atoms with Crippen molar-refractivity contribution in [3.63, 3.8) is 0 Å². The van der Waals surface area contributed by atoms with Gasteiger partial charge in [0.1, 0.15) is 0 Å². The molecule has 1 aromatic heterocycles. The maximum atomic E-state index is 10.6. The summed E-state index contributed by atoms with van der Waals surface area (Å²) in [7, 11) is 0. The lowest BCUT2D eigenvalue weighted by Gasteiger charge is -2.07. The maximum absolute atomic E-state index is 10.6. The largest absolute Gasteiger partial charge is 0.481 e. The minimum atomic E-state index is -1.15. The number of nitrogens with zero attached hydrogens (tertiary/aromatic N) is 1. The number of carboxylic acid groups (broad SMARTS) is 3. The Morgan fingerprint density at radius 2 is 1.44 bits per heavy atom. The summed E-state index contributed by atoms with van der Waals surface area (Å²) >= 11 is 0. The van der Waals surface area contributed by atoms with Crippen molar-refractivity contribution >= 4 is 17.9 Å². The third-order valence-corrected chi connectivity index (χ3v) is 2.12. The molecule has 0 aromatic carbocycles. The number of hydrogen-bond acceptors (Lipinski definition) is 4. The Morgan fingerprint density at radius 1 is 0.889 bits per heavy atom. The van der Waals surface area contributed by atoms with Gasteiger partial charge < -0.3 is 15.3 Å². The van der Waals surface area contributed by atoms with Gasteiger partial charge in [-0.05, 0) is 11.6 Å². The summed E-state index contributed by atoms with van der Waals surface area (Å²) in [5.74, 6) is -3.34. The number of aliphatic carboxylic acids is 3. The highest BCUT2D eigenvalue weighted by atomic mass is 16.4. The molecule has 0 spiro atoms. The first kappa shape index (κ1) is 13.6. The molecule has 0 unspecified atom stereocenters. The molecule has 0 radical (unpaired) electrons. The van der Waals surface area contributed by atoms with Gasteiger partial charge in [0.05, 0.1) is 30.7 Å². The van der Waals surface area contributed by atoms with Gasteiger partial charge in [-0.2, -0.15) is 0 Å². The van der Waals surface area contributed by atoms with Gasteiger partial charge in [0, 0.05) is 0 Å². The Labute approximate surface area is 102 Å². The Morgan fingerprint density at radius 3 is 1.94 bits per heavy atom. The first-order chi connectivity index (χ1) is 8.38. The SMILES string of the molecule is O=C(O)Cc1ccc(CC(=O)O)c(CC(=O)O)n1. The minimum absolute atomic E-state index is 0.0867. The summed E-state index contributed by atoms with van der Waals surface area (Å²) in [6.07, 6.45) is -1.11. The molecule has 1 aromatic rings. The van der Waals surface area contributed by atoms with Crippen molar-refractivity contribution in [2.45, 2.75) is 19.3 Å². The van der Waals surface area contributed by atoms with Crippen LogP contribution in [0.4, 0.5) is 0 Å². The van der Waals surface area contributed by atoms with E-state index in [1.165, 1.54) is 12.1 Å². The Hall–Kier alpha value is -2.44. The molecule has 0 atom stereocenters. The highest BCUT2D eigenvalue weighted by Crippen LogP contribution is 2.11. The van der Waals surface area contributed by atoms with Crippen LogP contribution in [0.2, 0.25) is 0 Å². The zero-order valence-electron chi connectivity index (χ0n) is 9.29. The second-order valence-electron chi connectivity index (χ2n) is 3.62. The predicted octanol–water partition coefficient (Wildman–Crippen LogP) is -0.0371. The van der Waals surface area contributed by atoms with Gasteiger partial charge in [-0.15, -0.1) is 0 Å². The van der Waals surface area contributed by atoms with Crippen LogP contribution in [-0.2, 0) is 33.6 Å². The van der Waals surface area contributed by atoms with Gasteiger partial charge >= 0.3 is 17.9 Å². The summed E-state index contributed by atoms with van der Waals surface area (Å²) in [6, 6.07) is 2.79. The molecule has 18 heavy (non-hydrogen) atoms. The number of hydrogen-bond donors (Lipinski definition) is 3. The van der Waals surface area contributed by atoms with Crippen molar-refractivity contribution in [1.82, 2.24) is 4.98 Å². The molecule has 7 heteroatoms. The van der Waals surface area contributed by atoms with Crippen molar-refractivity contribution in [3.8, 4) is 0 Å². The van der Waals surface area contributed by atoms with Crippen LogP contribution in [0.15, 0.2) is 12.1 Å². The van der Waals surface area contributed by atoms with Crippen LogP contribution in [0.25, 0.3) is 0 Å². The lowest BCUT2D eigenvalue weighted by atomic mass is 10.1. The van der Waals surface area contributed by atoms with E-state index < -0.39 is 24.3 Å². The van der Waals surface area contributed by atoms with Crippen LogP contribution in [0.1, 0.15) is 17.0 Å². The molecule has 0 saturated carbocycles. The standard InChI is InChI=1S/C11H11NO6/c13-9(14)3-6-1-2-7(4-10(15)16)12-8(6)5-11(17)18/h1-2H,3-5H2,(H,13,14)(H,15,16)(H,17,18). The Balaban J connectivity index is 3.06. The summed E-state index contributed by atoms with van der Waals surface area (Å²) in [5, 5.41) is 26.0. The molecule has 0 aliphatic heterocycles. The third-order valence-electron chi connectivity index (χ3n) is 2.12. The van der Waals surface area contributed by atoms with Gasteiger partial charge in [0.25, 0.3) is 0 Å². The van der Waals surface area contributed by atoms with Crippen LogP contribution < -0.4 is 0 Å². The number of pyridine rings is 1. The summed E-state index contributed by atoms with van der Waals surface area (Å²) in [6.45, 7) is 0. The fraction of sp³-hybridized carbons (Fsp3) is 0.273. The third kappa shape index (κ3) is 4.20. The molecule has 0 fully saturated rings. The number of carbonyl (C=O) groups is 3. The van der Waals surface area contributed by atoms with Crippen molar-refractivity contribution in [2.24, 2.45) is 0 Å². The highest BCUT2D eigenvalue weighted by molar-refractivity contribution is 5.74. The average molecular weight is 253 g/mol. The highest BCUT2D eigenvalue weighted by Gasteiger charge is 2.13. The lowest BCUT2D eigenvalue weighted by molar-refractivity contribution is -0.137. The van der Waals surface area contributed by atoms with E-state index in [2.05, 4.69) is 4.98 Å². The van der Waals surface area contributed by atoms with Crippen LogP contribution >= 0.6 is 0 Å². The topological polar surface area (TPSA) is 125 Å². The van der Waals surface area contributed by atoms with Gasteiger partial charge in [0.2, 0.25) is 0 Å². The minimum Gasteiger partial charge on any atom is -0.481 e. The Bertz CT molecular complexity index is 496. The second-order valence-corrected chi connectivity index (χ2v) is 3.62. The lowest BCUT2D eigenvalue weighted by Crippen LogP contribution is -2.12. The smallest absolute Gasteiger partial charge is 0.309 e. The number of rotatable bonds is 6. The number of aromatic nitrogens is 1. The monoisotopic (exact) mass is 253 g/mol. The molecule has 7 nitrogen and oxygen atoms in total. The zero-order valence-corrected chi connectivity index (χ0v) is 9.29. The van der Waals surface area contributed by atoms with Gasteiger partial charge in [-0.3, -0.25) is 19.4 Å². The van der Waals surface area contributed by atoms with E-state index in [1.807, 2.05) is 0 Å². The fourth-order valence-corrected chi connectivity index (χ4v) is 1.45. The van der Waals surface area contributed by atoms with Gasteiger partial charge in [0.15, 0.2) is 0 Å². The average Bonchev–Trinajstić information content (AvgIpc) is 2.19. The molecular formula is C11H11NO6. The molecule has 1 heterocycles. The first-order valence-corrected chi connectivity index (χ1v) is 5.01. The quantitative estimate of drug-likeness (QED) is 0.649. The van der Waals surface area contributed by atoms with E-state index in [9.17, 15) is 14.4 Å². The van der Waals surface area contributed by atoms with Crippen LogP contribution in [-0.4, -0.2) is 38.2 Å². The van der Waals surface area contributed by atoms with Gasteiger partial charge in [-0.1, -0.05) is 6.07 Å². The van der Waals surface area contributed by atoms with Crippen LogP contribution in [0, 0.1) is 0 Å². The molecule has 0 aliphatic carbocycles.